The SMILES string of the molecule is COC1CC(NC(=O)c2nn(C)cc2N)C1. The monoisotopic (exact) mass is 224 g/mol. The third-order valence-corrected chi connectivity index (χ3v) is 2.84. The van der Waals surface area contributed by atoms with E-state index < -0.39 is 0 Å². The number of carbonyl (C=O) groups excluding carboxylic acids is 1. The van der Waals surface area contributed by atoms with Gasteiger partial charge in [-0.25, -0.2) is 0 Å². The molecular weight excluding hydrogens is 208 g/mol. The van der Waals surface area contributed by atoms with Gasteiger partial charge in [0.2, 0.25) is 0 Å². The summed E-state index contributed by atoms with van der Waals surface area (Å²) in [5.74, 6) is -0.211. The van der Waals surface area contributed by atoms with E-state index in [4.69, 9.17) is 10.5 Å². The van der Waals surface area contributed by atoms with Crippen LogP contribution in [0.5, 0.6) is 0 Å². The number of amides is 1. The summed E-state index contributed by atoms with van der Waals surface area (Å²) in [7, 11) is 3.41. The maximum absolute atomic E-state index is 11.8. The number of nitrogens with two attached hydrogens (primary N) is 1. The highest BCUT2D eigenvalue weighted by molar-refractivity contribution is 5.97. The lowest BCUT2D eigenvalue weighted by Crippen LogP contribution is -2.47. The third-order valence-electron chi connectivity index (χ3n) is 2.84. The number of hydrogen-bond donors (Lipinski definition) is 2. The van der Waals surface area contributed by atoms with Crippen LogP contribution in [0.1, 0.15) is 23.3 Å². The maximum atomic E-state index is 11.8. The molecule has 0 bridgehead atoms. The first-order valence-corrected chi connectivity index (χ1v) is 5.23. The Balaban J connectivity index is 1.92. The zero-order valence-electron chi connectivity index (χ0n) is 9.43. The summed E-state index contributed by atoms with van der Waals surface area (Å²) in [4.78, 5) is 11.8. The van der Waals surface area contributed by atoms with E-state index in [1.807, 2.05) is 0 Å². The number of rotatable bonds is 3. The highest BCUT2D eigenvalue weighted by atomic mass is 16.5. The molecule has 16 heavy (non-hydrogen) atoms. The number of nitrogens with zero attached hydrogens (tertiary/aromatic N) is 2. The van der Waals surface area contributed by atoms with Gasteiger partial charge in [-0.3, -0.25) is 9.48 Å². The van der Waals surface area contributed by atoms with Crippen LogP contribution in [0, 0.1) is 0 Å². The molecule has 6 heteroatoms. The molecule has 1 fully saturated rings. The van der Waals surface area contributed by atoms with Crippen molar-refractivity contribution in [3.63, 3.8) is 0 Å². The van der Waals surface area contributed by atoms with Crippen LogP contribution >= 0.6 is 0 Å². The van der Waals surface area contributed by atoms with Crippen molar-refractivity contribution < 1.29 is 9.53 Å². The Bertz CT molecular complexity index is 396. The molecule has 0 saturated heterocycles. The minimum Gasteiger partial charge on any atom is -0.396 e. The summed E-state index contributed by atoms with van der Waals surface area (Å²) < 4.78 is 6.67. The molecule has 3 N–H and O–H groups in total. The lowest BCUT2D eigenvalue weighted by Gasteiger charge is -2.34. The van der Waals surface area contributed by atoms with E-state index in [0.717, 1.165) is 12.8 Å². The van der Waals surface area contributed by atoms with Gasteiger partial charge in [-0.05, 0) is 12.8 Å². The summed E-state index contributed by atoms with van der Waals surface area (Å²) >= 11 is 0. The van der Waals surface area contributed by atoms with E-state index in [1.54, 1.807) is 20.4 Å². The quantitative estimate of drug-likeness (QED) is 0.751. The molecule has 0 radical (unpaired) electrons. The smallest absolute Gasteiger partial charge is 0.274 e. The molecule has 0 aliphatic heterocycles. The van der Waals surface area contributed by atoms with Crippen molar-refractivity contribution in [1.82, 2.24) is 15.1 Å². The fourth-order valence-electron chi connectivity index (χ4n) is 1.81. The predicted octanol–water partition coefficient (Wildman–Crippen LogP) is -0.0905. The van der Waals surface area contributed by atoms with E-state index in [0.29, 0.717) is 11.4 Å². The summed E-state index contributed by atoms with van der Waals surface area (Å²) in [6.07, 6.45) is 3.60. The van der Waals surface area contributed by atoms with Crippen molar-refractivity contribution in [2.45, 2.75) is 25.0 Å². The number of methoxy groups -OCH3 is 1. The van der Waals surface area contributed by atoms with E-state index >= 15 is 0 Å². The Morgan fingerprint density at radius 1 is 1.69 bits per heavy atom. The number of ether oxygens (including phenoxy) is 1. The van der Waals surface area contributed by atoms with Gasteiger partial charge in [0.15, 0.2) is 5.69 Å². The van der Waals surface area contributed by atoms with Gasteiger partial charge in [0.1, 0.15) is 0 Å². The second-order valence-electron chi connectivity index (χ2n) is 4.11. The number of nitrogens with one attached hydrogen (secondary N) is 1. The first kappa shape index (κ1) is 10.9. The van der Waals surface area contributed by atoms with Crippen molar-refractivity contribution in [2.75, 3.05) is 12.8 Å². The topological polar surface area (TPSA) is 82.2 Å². The van der Waals surface area contributed by atoms with Gasteiger partial charge in [-0.15, -0.1) is 0 Å². The van der Waals surface area contributed by atoms with Gasteiger partial charge < -0.3 is 15.8 Å². The van der Waals surface area contributed by atoms with Crippen molar-refractivity contribution in [2.24, 2.45) is 7.05 Å². The molecular formula is C10H16N4O2. The molecule has 0 unspecified atom stereocenters. The van der Waals surface area contributed by atoms with Gasteiger partial charge in [0, 0.05) is 26.4 Å². The third kappa shape index (κ3) is 2.01. The van der Waals surface area contributed by atoms with Crippen molar-refractivity contribution in [3.8, 4) is 0 Å². The molecule has 1 aromatic heterocycles. The second kappa shape index (κ2) is 4.13. The lowest BCUT2D eigenvalue weighted by molar-refractivity contribution is 0.0175. The predicted molar refractivity (Wildman–Crippen MR) is 58.9 cm³/mol. The van der Waals surface area contributed by atoms with Crippen LogP contribution in [-0.4, -0.2) is 34.9 Å². The molecule has 1 aliphatic carbocycles. The van der Waals surface area contributed by atoms with E-state index in [9.17, 15) is 4.79 Å². The molecule has 0 atom stereocenters. The molecule has 88 valence electrons. The Morgan fingerprint density at radius 2 is 2.38 bits per heavy atom. The Labute approximate surface area is 93.8 Å². The summed E-state index contributed by atoms with van der Waals surface area (Å²) in [5.41, 5.74) is 6.36. The Morgan fingerprint density at radius 3 is 2.88 bits per heavy atom. The fourth-order valence-corrected chi connectivity index (χ4v) is 1.81. The van der Waals surface area contributed by atoms with Gasteiger partial charge in [0.25, 0.3) is 5.91 Å². The zero-order chi connectivity index (χ0) is 11.7. The summed E-state index contributed by atoms with van der Waals surface area (Å²) in [6, 6.07) is 0.179. The van der Waals surface area contributed by atoms with Crippen LogP contribution < -0.4 is 11.1 Å². The largest absolute Gasteiger partial charge is 0.396 e. The van der Waals surface area contributed by atoms with Gasteiger partial charge in [-0.1, -0.05) is 0 Å². The van der Waals surface area contributed by atoms with Crippen LogP contribution in [0.15, 0.2) is 6.20 Å². The van der Waals surface area contributed by atoms with Gasteiger partial charge in [0.05, 0.1) is 11.8 Å². The maximum Gasteiger partial charge on any atom is 0.274 e. The zero-order valence-corrected chi connectivity index (χ0v) is 9.43. The number of hydrogen-bond acceptors (Lipinski definition) is 4. The second-order valence-corrected chi connectivity index (χ2v) is 4.11. The van der Waals surface area contributed by atoms with Crippen LogP contribution in [0.2, 0.25) is 0 Å². The molecule has 0 aromatic carbocycles. The Hall–Kier alpha value is -1.56. The molecule has 2 rings (SSSR count). The number of aromatic nitrogens is 2. The molecule has 0 spiro atoms. The highest BCUT2D eigenvalue weighted by Crippen LogP contribution is 2.23. The summed E-state index contributed by atoms with van der Waals surface area (Å²) in [5, 5.41) is 6.89. The number of nitrogen functional groups attached to an aromatic ring is 1. The minimum atomic E-state index is -0.211. The van der Waals surface area contributed by atoms with E-state index in [1.165, 1.54) is 4.68 Å². The standard InChI is InChI=1S/C10H16N4O2/c1-14-5-8(11)9(13-14)10(15)12-6-3-7(4-6)16-2/h5-7H,3-4,11H2,1-2H3,(H,12,15). The van der Waals surface area contributed by atoms with Crippen molar-refractivity contribution >= 4 is 11.6 Å². The number of aryl methyl sites for hydroxylation is 1. The molecule has 1 aliphatic rings. The average molecular weight is 224 g/mol. The Kier molecular flexibility index (Phi) is 2.82. The normalized spacial score (nSPS) is 23.9. The van der Waals surface area contributed by atoms with Crippen LogP contribution in [0.4, 0.5) is 5.69 Å². The van der Waals surface area contributed by atoms with E-state index in [2.05, 4.69) is 10.4 Å². The average Bonchev–Trinajstić information content (AvgIpc) is 2.50. The molecule has 1 saturated carbocycles. The first-order chi connectivity index (χ1) is 7.60. The molecule has 6 nitrogen and oxygen atoms in total. The fraction of sp³-hybridized carbons (Fsp3) is 0.600. The highest BCUT2D eigenvalue weighted by Gasteiger charge is 2.31. The summed E-state index contributed by atoms with van der Waals surface area (Å²) in [6.45, 7) is 0. The molecule has 1 heterocycles. The number of carbonyl (C=O) groups is 1. The van der Waals surface area contributed by atoms with Crippen LogP contribution in [0.25, 0.3) is 0 Å². The molecule has 1 aromatic rings. The lowest BCUT2D eigenvalue weighted by atomic mass is 9.89. The first-order valence-electron chi connectivity index (χ1n) is 5.23. The van der Waals surface area contributed by atoms with Crippen molar-refractivity contribution in [3.05, 3.63) is 11.9 Å². The van der Waals surface area contributed by atoms with Gasteiger partial charge in [-0.2, -0.15) is 5.10 Å². The molecule has 1 amide bonds. The van der Waals surface area contributed by atoms with Gasteiger partial charge >= 0.3 is 0 Å². The van der Waals surface area contributed by atoms with E-state index in [-0.39, 0.29) is 18.1 Å². The minimum absolute atomic E-state index is 0.179. The number of anilines is 1. The van der Waals surface area contributed by atoms with Crippen LogP contribution in [-0.2, 0) is 11.8 Å². The van der Waals surface area contributed by atoms with Crippen molar-refractivity contribution in [1.29, 1.82) is 0 Å². The van der Waals surface area contributed by atoms with Crippen LogP contribution in [0.3, 0.4) is 0 Å².